The number of benzene rings is 1. The van der Waals surface area contributed by atoms with Crippen molar-refractivity contribution in [3.63, 3.8) is 0 Å². The summed E-state index contributed by atoms with van der Waals surface area (Å²) in [7, 11) is 0. The Morgan fingerprint density at radius 2 is 2.00 bits per heavy atom. The summed E-state index contributed by atoms with van der Waals surface area (Å²) in [6, 6.07) is 6.80. The van der Waals surface area contributed by atoms with Gasteiger partial charge >= 0.3 is 0 Å². The zero-order valence-electron chi connectivity index (χ0n) is 8.18. The Balaban J connectivity index is 2.75. The number of fused-ring (bicyclic) bond motifs is 1. The summed E-state index contributed by atoms with van der Waals surface area (Å²) < 4.78 is 0.965. The van der Waals surface area contributed by atoms with Crippen molar-refractivity contribution in [3.05, 3.63) is 39.8 Å². The number of amides is 1. The van der Waals surface area contributed by atoms with Crippen molar-refractivity contribution >= 4 is 28.3 Å². The maximum atomic E-state index is 11.9. The molecule has 6 heteroatoms. The third-order valence-electron chi connectivity index (χ3n) is 2.13. The predicted molar refractivity (Wildman–Crippen MR) is 60.2 cm³/mol. The highest BCUT2D eigenvalue weighted by atomic mass is 35.5. The number of nitrogens with two attached hydrogens (primary N) is 1. The van der Waals surface area contributed by atoms with Gasteiger partial charge in [-0.3, -0.25) is 9.59 Å². The van der Waals surface area contributed by atoms with E-state index in [0.717, 1.165) is 4.68 Å². The Hall–Kier alpha value is -1.88. The van der Waals surface area contributed by atoms with E-state index in [0.29, 0.717) is 10.8 Å². The van der Waals surface area contributed by atoms with Crippen LogP contribution in [-0.4, -0.2) is 15.7 Å². The minimum absolute atomic E-state index is 0.177. The first-order valence-corrected chi connectivity index (χ1v) is 4.91. The average Bonchev–Trinajstić information content (AvgIpc) is 2.25. The van der Waals surface area contributed by atoms with E-state index in [4.69, 9.17) is 17.3 Å². The van der Waals surface area contributed by atoms with Crippen LogP contribution in [0.2, 0.25) is 5.15 Å². The molecule has 2 N–H and O–H groups in total. The summed E-state index contributed by atoms with van der Waals surface area (Å²) >= 11 is 5.89. The molecule has 0 unspecified atom stereocenters. The van der Waals surface area contributed by atoms with Crippen LogP contribution in [-0.2, 0) is 11.3 Å². The summed E-state index contributed by atoms with van der Waals surface area (Å²) in [6.07, 6.45) is 0. The molecule has 0 fully saturated rings. The minimum atomic E-state index is -0.638. The van der Waals surface area contributed by atoms with Crippen LogP contribution in [0.5, 0.6) is 0 Å². The Labute approximate surface area is 95.4 Å². The van der Waals surface area contributed by atoms with Gasteiger partial charge in [-0.05, 0) is 6.07 Å². The van der Waals surface area contributed by atoms with Crippen LogP contribution in [0.3, 0.4) is 0 Å². The summed E-state index contributed by atoms with van der Waals surface area (Å²) in [6.45, 7) is -0.274. The molecular formula is C10H8ClN3O2. The normalized spacial score (nSPS) is 10.6. The standard InChI is InChI=1S/C10H8ClN3O2/c11-9-6-3-1-2-4-7(6)10(16)14(13-9)5-8(12)15/h1-4H,5H2,(H2,12,15). The summed E-state index contributed by atoms with van der Waals surface area (Å²) in [5.74, 6) is -0.638. The van der Waals surface area contributed by atoms with Gasteiger partial charge in [0.1, 0.15) is 6.54 Å². The topological polar surface area (TPSA) is 78.0 Å². The molecule has 1 heterocycles. The van der Waals surface area contributed by atoms with Gasteiger partial charge in [-0.15, -0.1) is 0 Å². The van der Waals surface area contributed by atoms with Crippen molar-refractivity contribution < 1.29 is 4.79 Å². The molecule has 5 nitrogen and oxygen atoms in total. The van der Waals surface area contributed by atoms with Crippen LogP contribution < -0.4 is 11.3 Å². The molecule has 0 aliphatic carbocycles. The van der Waals surface area contributed by atoms with Crippen LogP contribution >= 0.6 is 11.6 Å². The number of primary amides is 1. The van der Waals surface area contributed by atoms with Crippen molar-refractivity contribution in [3.8, 4) is 0 Å². The quantitative estimate of drug-likeness (QED) is 0.828. The fraction of sp³-hybridized carbons (Fsp3) is 0.100. The maximum Gasteiger partial charge on any atom is 0.275 e. The zero-order valence-corrected chi connectivity index (χ0v) is 8.94. The molecule has 0 bridgehead atoms. The molecule has 2 aromatic rings. The van der Waals surface area contributed by atoms with Gasteiger partial charge in [-0.25, -0.2) is 4.68 Å². The molecule has 0 saturated heterocycles. The van der Waals surface area contributed by atoms with E-state index in [1.54, 1.807) is 24.3 Å². The van der Waals surface area contributed by atoms with Gasteiger partial charge in [0.25, 0.3) is 5.56 Å². The Kier molecular flexibility index (Phi) is 2.62. The molecule has 2 rings (SSSR count). The van der Waals surface area contributed by atoms with Gasteiger partial charge in [-0.2, -0.15) is 5.10 Å². The van der Waals surface area contributed by atoms with Crippen molar-refractivity contribution in [2.45, 2.75) is 6.54 Å². The summed E-state index contributed by atoms with van der Waals surface area (Å²) in [4.78, 5) is 22.6. The van der Waals surface area contributed by atoms with Crippen LogP contribution in [0.25, 0.3) is 10.8 Å². The fourth-order valence-electron chi connectivity index (χ4n) is 1.45. The number of halogens is 1. The molecule has 0 radical (unpaired) electrons. The first-order valence-electron chi connectivity index (χ1n) is 4.53. The highest BCUT2D eigenvalue weighted by Gasteiger charge is 2.09. The monoisotopic (exact) mass is 237 g/mol. The molecule has 0 aliphatic rings. The second-order valence-corrected chi connectivity index (χ2v) is 3.62. The first-order chi connectivity index (χ1) is 7.59. The number of carbonyl (C=O) groups excluding carboxylic acids is 1. The van der Waals surface area contributed by atoms with Crippen LogP contribution in [0, 0.1) is 0 Å². The molecule has 16 heavy (non-hydrogen) atoms. The maximum absolute atomic E-state index is 11.9. The summed E-state index contributed by atoms with van der Waals surface area (Å²) in [5, 5.41) is 4.97. The molecule has 0 atom stereocenters. The van der Waals surface area contributed by atoms with E-state index in [1.165, 1.54) is 0 Å². The Morgan fingerprint density at radius 3 is 2.62 bits per heavy atom. The number of hydrogen-bond acceptors (Lipinski definition) is 3. The molecule has 1 amide bonds. The molecule has 0 aliphatic heterocycles. The third kappa shape index (κ3) is 1.77. The van der Waals surface area contributed by atoms with Crippen LogP contribution in [0.15, 0.2) is 29.1 Å². The lowest BCUT2D eigenvalue weighted by molar-refractivity contribution is -0.118. The van der Waals surface area contributed by atoms with E-state index in [-0.39, 0.29) is 17.3 Å². The van der Waals surface area contributed by atoms with Crippen molar-refractivity contribution in [1.82, 2.24) is 9.78 Å². The van der Waals surface area contributed by atoms with E-state index >= 15 is 0 Å². The van der Waals surface area contributed by atoms with Crippen molar-refractivity contribution in [1.29, 1.82) is 0 Å². The number of aromatic nitrogens is 2. The molecule has 0 saturated carbocycles. The van der Waals surface area contributed by atoms with Crippen molar-refractivity contribution in [2.75, 3.05) is 0 Å². The number of carbonyl (C=O) groups is 1. The predicted octanol–water partition coefficient (Wildman–Crippen LogP) is 0.535. The SMILES string of the molecule is NC(=O)Cn1nc(Cl)c2ccccc2c1=O. The van der Waals surface area contributed by atoms with E-state index in [1.807, 2.05) is 0 Å². The molecular weight excluding hydrogens is 230 g/mol. The van der Waals surface area contributed by atoms with Gasteiger partial charge in [0, 0.05) is 5.39 Å². The van der Waals surface area contributed by atoms with Gasteiger partial charge < -0.3 is 5.73 Å². The molecule has 82 valence electrons. The number of hydrogen-bond donors (Lipinski definition) is 1. The lowest BCUT2D eigenvalue weighted by Crippen LogP contribution is -2.30. The lowest BCUT2D eigenvalue weighted by Gasteiger charge is -2.05. The zero-order chi connectivity index (χ0) is 11.7. The van der Waals surface area contributed by atoms with E-state index < -0.39 is 5.91 Å². The molecule has 1 aromatic heterocycles. The van der Waals surface area contributed by atoms with Crippen LogP contribution in [0.1, 0.15) is 0 Å². The minimum Gasteiger partial charge on any atom is -0.368 e. The second-order valence-electron chi connectivity index (χ2n) is 3.27. The second kappa shape index (κ2) is 3.94. The first kappa shape index (κ1) is 10.6. The third-order valence-corrected chi connectivity index (χ3v) is 2.41. The van der Waals surface area contributed by atoms with Gasteiger partial charge in [0.15, 0.2) is 5.15 Å². The van der Waals surface area contributed by atoms with Crippen molar-refractivity contribution in [2.24, 2.45) is 5.73 Å². The smallest absolute Gasteiger partial charge is 0.275 e. The summed E-state index contributed by atoms with van der Waals surface area (Å²) in [5.41, 5.74) is 4.63. The Morgan fingerprint density at radius 1 is 1.38 bits per heavy atom. The van der Waals surface area contributed by atoms with E-state index in [2.05, 4.69) is 5.10 Å². The molecule has 1 aromatic carbocycles. The van der Waals surface area contributed by atoms with Crippen LogP contribution in [0.4, 0.5) is 0 Å². The Bertz CT molecular complexity index is 621. The lowest BCUT2D eigenvalue weighted by atomic mass is 10.2. The van der Waals surface area contributed by atoms with E-state index in [9.17, 15) is 9.59 Å². The highest BCUT2D eigenvalue weighted by Crippen LogP contribution is 2.16. The van der Waals surface area contributed by atoms with Gasteiger partial charge in [0.05, 0.1) is 5.39 Å². The highest BCUT2D eigenvalue weighted by molar-refractivity contribution is 6.34. The largest absolute Gasteiger partial charge is 0.368 e. The van der Waals surface area contributed by atoms with Gasteiger partial charge in [-0.1, -0.05) is 29.8 Å². The fourth-order valence-corrected chi connectivity index (χ4v) is 1.70. The number of rotatable bonds is 2. The molecule has 0 spiro atoms. The van der Waals surface area contributed by atoms with Gasteiger partial charge in [0.2, 0.25) is 5.91 Å². The number of nitrogens with zero attached hydrogens (tertiary/aromatic N) is 2. The average molecular weight is 238 g/mol.